The Morgan fingerprint density at radius 3 is 2.12 bits per heavy atom. The minimum Gasteiger partial charge on any atom is -0.456 e. The summed E-state index contributed by atoms with van der Waals surface area (Å²) in [7, 11) is 0. The molecule has 0 aliphatic carbocycles. The Morgan fingerprint density at radius 2 is 1.62 bits per heavy atom. The van der Waals surface area contributed by atoms with Crippen molar-refractivity contribution < 1.29 is 28.8 Å². The molecular formula is C21H16Cl2N2O7. The number of rotatable bonds is 7. The van der Waals surface area contributed by atoms with Gasteiger partial charge in [-0.05, 0) is 18.1 Å². The molecule has 1 heterocycles. The third-order valence-corrected chi connectivity index (χ3v) is 5.56. The van der Waals surface area contributed by atoms with Crippen LogP contribution >= 0.6 is 23.2 Å². The quantitative estimate of drug-likeness (QED) is 0.194. The molecule has 3 rings (SSSR count). The summed E-state index contributed by atoms with van der Waals surface area (Å²) in [5, 5.41) is 11.0. The van der Waals surface area contributed by atoms with E-state index in [1.807, 2.05) is 0 Å². The highest BCUT2D eigenvalue weighted by Crippen LogP contribution is 2.33. The van der Waals surface area contributed by atoms with Crippen LogP contribution in [0.3, 0.4) is 0 Å². The first kappa shape index (κ1) is 23.4. The number of imide groups is 1. The molecule has 2 aromatic rings. The number of benzene rings is 2. The molecule has 2 aromatic carbocycles. The lowest BCUT2D eigenvalue weighted by Crippen LogP contribution is -2.49. The molecule has 1 unspecified atom stereocenters. The summed E-state index contributed by atoms with van der Waals surface area (Å²) in [6.45, 7) is 2.50. The van der Waals surface area contributed by atoms with Crippen LogP contribution in [0.1, 0.15) is 44.9 Å². The lowest BCUT2D eigenvalue weighted by atomic mass is 10.0. The number of carbonyl (C=O) groups excluding carboxylic acids is 4. The average molecular weight is 479 g/mol. The van der Waals surface area contributed by atoms with Crippen LogP contribution in [-0.4, -0.2) is 46.0 Å². The molecule has 9 nitrogen and oxygen atoms in total. The SMILES string of the molecule is CC(C)C(C(=O)OCC(=O)c1cccc([N+](=O)[O-])c1)N1C(=O)c2cc(Cl)c(Cl)cc2C1=O. The smallest absolute Gasteiger partial charge is 0.330 e. The van der Waals surface area contributed by atoms with Crippen molar-refractivity contribution in [1.82, 2.24) is 4.90 Å². The van der Waals surface area contributed by atoms with Crippen molar-refractivity contribution in [3.63, 3.8) is 0 Å². The van der Waals surface area contributed by atoms with Crippen LogP contribution < -0.4 is 0 Å². The fourth-order valence-electron chi connectivity index (χ4n) is 3.28. The van der Waals surface area contributed by atoms with E-state index in [9.17, 15) is 29.3 Å². The van der Waals surface area contributed by atoms with Crippen molar-refractivity contribution in [2.75, 3.05) is 6.61 Å². The Kier molecular flexibility index (Phi) is 6.61. The summed E-state index contributed by atoms with van der Waals surface area (Å²) >= 11 is 11.9. The predicted octanol–water partition coefficient (Wildman–Crippen LogP) is 3.95. The van der Waals surface area contributed by atoms with E-state index in [2.05, 4.69) is 0 Å². The molecule has 0 aromatic heterocycles. The zero-order valence-corrected chi connectivity index (χ0v) is 18.3. The molecule has 2 amide bonds. The van der Waals surface area contributed by atoms with Gasteiger partial charge in [-0.25, -0.2) is 4.79 Å². The number of halogens is 2. The van der Waals surface area contributed by atoms with Crippen LogP contribution in [0.5, 0.6) is 0 Å². The maximum absolute atomic E-state index is 12.8. The Bertz CT molecular complexity index is 1120. The van der Waals surface area contributed by atoms with Gasteiger partial charge in [0.15, 0.2) is 6.61 Å². The van der Waals surface area contributed by atoms with Gasteiger partial charge in [0.05, 0.1) is 26.1 Å². The van der Waals surface area contributed by atoms with Crippen molar-refractivity contribution in [3.05, 3.63) is 73.2 Å². The fraction of sp³-hybridized carbons (Fsp3) is 0.238. The number of esters is 1. The summed E-state index contributed by atoms with van der Waals surface area (Å²) in [6, 6.07) is 6.17. The zero-order chi connectivity index (χ0) is 23.7. The van der Waals surface area contributed by atoms with Gasteiger partial charge in [-0.3, -0.25) is 29.4 Å². The van der Waals surface area contributed by atoms with E-state index < -0.39 is 47.1 Å². The first-order valence-electron chi connectivity index (χ1n) is 9.34. The molecule has 32 heavy (non-hydrogen) atoms. The number of nitro benzene ring substituents is 1. The fourth-order valence-corrected chi connectivity index (χ4v) is 3.61. The number of amides is 2. The summed E-state index contributed by atoms with van der Waals surface area (Å²) in [5.74, 6) is -3.65. The van der Waals surface area contributed by atoms with Crippen molar-refractivity contribution in [3.8, 4) is 0 Å². The predicted molar refractivity (Wildman–Crippen MR) is 114 cm³/mol. The zero-order valence-electron chi connectivity index (χ0n) is 16.8. The van der Waals surface area contributed by atoms with Gasteiger partial charge in [0.25, 0.3) is 17.5 Å². The first-order chi connectivity index (χ1) is 15.0. The second-order valence-corrected chi connectivity index (χ2v) is 8.13. The van der Waals surface area contributed by atoms with Crippen LogP contribution in [0.2, 0.25) is 10.0 Å². The Hall–Kier alpha value is -3.30. The van der Waals surface area contributed by atoms with Crippen molar-refractivity contribution in [2.45, 2.75) is 19.9 Å². The maximum Gasteiger partial charge on any atom is 0.330 e. The highest BCUT2D eigenvalue weighted by Gasteiger charge is 2.45. The number of nitro groups is 1. The second-order valence-electron chi connectivity index (χ2n) is 7.32. The number of Topliss-reactive ketones (excluding diaryl/α,β-unsaturated/α-hetero) is 1. The minimum absolute atomic E-state index is 0.00974. The average Bonchev–Trinajstić information content (AvgIpc) is 2.97. The van der Waals surface area contributed by atoms with Gasteiger partial charge >= 0.3 is 5.97 Å². The summed E-state index contributed by atoms with van der Waals surface area (Å²) in [5.41, 5.74) is -0.283. The summed E-state index contributed by atoms with van der Waals surface area (Å²) in [6.07, 6.45) is 0. The maximum atomic E-state index is 12.8. The number of ether oxygens (including phenoxy) is 1. The summed E-state index contributed by atoms with van der Waals surface area (Å²) < 4.78 is 5.08. The Labute approximate surface area is 192 Å². The number of hydrogen-bond donors (Lipinski definition) is 0. The first-order valence-corrected chi connectivity index (χ1v) is 10.1. The van der Waals surface area contributed by atoms with E-state index in [1.54, 1.807) is 13.8 Å². The summed E-state index contributed by atoms with van der Waals surface area (Å²) in [4.78, 5) is 61.8. The third-order valence-electron chi connectivity index (χ3n) is 4.83. The molecule has 0 bridgehead atoms. The lowest BCUT2D eigenvalue weighted by molar-refractivity contribution is -0.384. The van der Waals surface area contributed by atoms with Crippen LogP contribution in [0.4, 0.5) is 5.69 Å². The normalized spacial score (nSPS) is 13.8. The van der Waals surface area contributed by atoms with Crippen molar-refractivity contribution in [2.24, 2.45) is 5.92 Å². The molecular weight excluding hydrogens is 463 g/mol. The highest BCUT2D eigenvalue weighted by atomic mass is 35.5. The minimum atomic E-state index is -1.31. The van der Waals surface area contributed by atoms with E-state index in [4.69, 9.17) is 27.9 Å². The Balaban J connectivity index is 1.79. The van der Waals surface area contributed by atoms with Gasteiger partial charge in [0.2, 0.25) is 5.78 Å². The molecule has 1 atom stereocenters. The van der Waals surface area contributed by atoms with Crippen molar-refractivity contribution in [1.29, 1.82) is 0 Å². The second kappa shape index (κ2) is 9.05. The van der Waals surface area contributed by atoms with Gasteiger partial charge in [0, 0.05) is 17.7 Å². The molecule has 0 fully saturated rings. The molecule has 11 heteroatoms. The highest BCUT2D eigenvalue weighted by molar-refractivity contribution is 6.43. The Morgan fingerprint density at radius 1 is 1.06 bits per heavy atom. The monoisotopic (exact) mass is 478 g/mol. The van der Waals surface area contributed by atoms with Gasteiger partial charge < -0.3 is 4.74 Å². The van der Waals surface area contributed by atoms with Gasteiger partial charge in [-0.15, -0.1) is 0 Å². The number of non-ortho nitro benzene ring substituents is 1. The molecule has 0 radical (unpaired) electrons. The number of carbonyl (C=O) groups is 4. The van der Waals surface area contributed by atoms with Gasteiger partial charge in [0.1, 0.15) is 6.04 Å². The lowest BCUT2D eigenvalue weighted by Gasteiger charge is -2.27. The largest absolute Gasteiger partial charge is 0.456 e. The van der Waals surface area contributed by atoms with E-state index in [-0.39, 0.29) is 32.4 Å². The number of fused-ring (bicyclic) bond motifs is 1. The standard InChI is InChI=1S/C21H16Cl2N2O7/c1-10(2)18(24-19(27)13-7-15(22)16(23)8-14(13)20(24)28)21(29)32-9-17(26)11-4-3-5-12(6-11)25(30)31/h3-8,10,18H,9H2,1-2H3. The van der Waals surface area contributed by atoms with Crippen LogP contribution in [0.25, 0.3) is 0 Å². The van der Waals surface area contributed by atoms with Gasteiger partial charge in [-0.1, -0.05) is 49.2 Å². The van der Waals surface area contributed by atoms with E-state index in [1.165, 1.54) is 30.3 Å². The molecule has 1 aliphatic rings. The van der Waals surface area contributed by atoms with Crippen molar-refractivity contribution >= 4 is 52.5 Å². The number of ketones is 1. The molecule has 166 valence electrons. The van der Waals surface area contributed by atoms with Crippen LogP contribution in [0.15, 0.2) is 36.4 Å². The van der Waals surface area contributed by atoms with Gasteiger partial charge in [-0.2, -0.15) is 0 Å². The van der Waals surface area contributed by atoms with Crippen LogP contribution in [-0.2, 0) is 9.53 Å². The molecule has 0 saturated heterocycles. The topological polar surface area (TPSA) is 124 Å². The third kappa shape index (κ3) is 4.35. The van der Waals surface area contributed by atoms with E-state index >= 15 is 0 Å². The van der Waals surface area contributed by atoms with E-state index in [0.717, 1.165) is 11.0 Å². The molecule has 0 spiro atoms. The number of hydrogen-bond acceptors (Lipinski definition) is 7. The molecule has 0 saturated carbocycles. The molecule has 0 N–H and O–H groups in total. The van der Waals surface area contributed by atoms with Crippen LogP contribution in [0, 0.1) is 16.0 Å². The van der Waals surface area contributed by atoms with E-state index in [0.29, 0.717) is 0 Å². The number of nitrogens with zero attached hydrogens (tertiary/aromatic N) is 2. The molecule has 1 aliphatic heterocycles.